The summed E-state index contributed by atoms with van der Waals surface area (Å²) in [6.07, 6.45) is -5.25. The molecule has 2 aromatic rings. The third-order valence-electron chi connectivity index (χ3n) is 4.15. The first kappa shape index (κ1) is 16.7. The Hall–Kier alpha value is -2.18. The van der Waals surface area contributed by atoms with Crippen molar-refractivity contribution in [1.82, 2.24) is 4.98 Å². The lowest BCUT2D eigenvalue weighted by atomic mass is 9.82. The Labute approximate surface area is 133 Å². The highest BCUT2D eigenvalue weighted by Gasteiger charge is 2.35. The fourth-order valence-corrected chi connectivity index (χ4v) is 2.94. The van der Waals surface area contributed by atoms with E-state index in [4.69, 9.17) is 0 Å². The van der Waals surface area contributed by atoms with E-state index in [1.54, 1.807) is 19.1 Å². The van der Waals surface area contributed by atoms with Crippen LogP contribution in [0.5, 0.6) is 0 Å². The van der Waals surface area contributed by atoms with E-state index >= 15 is 0 Å². The molecule has 24 heavy (non-hydrogen) atoms. The third kappa shape index (κ3) is 3.07. The van der Waals surface area contributed by atoms with E-state index in [0.29, 0.717) is 16.5 Å². The molecule has 0 amide bonds. The first-order valence-electron chi connectivity index (χ1n) is 7.23. The van der Waals surface area contributed by atoms with E-state index in [1.807, 2.05) is 0 Å². The maximum atomic E-state index is 12.7. The Morgan fingerprint density at radius 3 is 2.25 bits per heavy atom. The number of hydrogen-bond donors (Lipinski definition) is 1. The predicted octanol–water partition coefficient (Wildman–Crippen LogP) is 5.96. The van der Waals surface area contributed by atoms with E-state index in [-0.39, 0.29) is 5.92 Å². The van der Waals surface area contributed by atoms with Crippen molar-refractivity contribution >= 4 is 10.9 Å². The number of aromatic nitrogens is 1. The summed E-state index contributed by atoms with van der Waals surface area (Å²) in [6, 6.07) is 5.74. The summed E-state index contributed by atoms with van der Waals surface area (Å²) in [5, 5.41) is 0.381. The van der Waals surface area contributed by atoms with Crippen LogP contribution in [0.1, 0.15) is 24.1 Å². The van der Waals surface area contributed by atoms with Crippen molar-refractivity contribution in [2.45, 2.75) is 25.2 Å². The second-order valence-corrected chi connectivity index (χ2v) is 5.89. The lowest BCUT2D eigenvalue weighted by Gasteiger charge is -2.24. The van der Waals surface area contributed by atoms with Gasteiger partial charge in [-0.15, -0.1) is 0 Å². The Morgan fingerprint density at radius 1 is 0.958 bits per heavy atom. The molecular formula is C17H13F6N. The Bertz CT molecular complexity index is 822. The van der Waals surface area contributed by atoms with Gasteiger partial charge in [-0.3, -0.25) is 0 Å². The van der Waals surface area contributed by atoms with Gasteiger partial charge in [-0.2, -0.15) is 26.3 Å². The quantitative estimate of drug-likeness (QED) is 0.613. The molecule has 2 unspecified atom stereocenters. The number of fused-ring (bicyclic) bond motifs is 1. The van der Waals surface area contributed by atoms with Gasteiger partial charge < -0.3 is 4.98 Å². The molecule has 3 rings (SSSR count). The van der Waals surface area contributed by atoms with Crippen molar-refractivity contribution in [1.29, 1.82) is 0 Å². The van der Waals surface area contributed by atoms with Gasteiger partial charge in [0.2, 0.25) is 0 Å². The second kappa shape index (κ2) is 5.43. The van der Waals surface area contributed by atoms with Crippen molar-refractivity contribution in [3.8, 4) is 0 Å². The average Bonchev–Trinajstić information content (AvgIpc) is 2.89. The second-order valence-electron chi connectivity index (χ2n) is 5.89. The van der Waals surface area contributed by atoms with E-state index < -0.39 is 29.5 Å². The fourth-order valence-electron chi connectivity index (χ4n) is 2.94. The van der Waals surface area contributed by atoms with Gasteiger partial charge in [0.05, 0.1) is 5.57 Å². The summed E-state index contributed by atoms with van der Waals surface area (Å²) in [6.45, 7) is 1.66. The van der Waals surface area contributed by atoms with E-state index in [0.717, 1.165) is 18.2 Å². The van der Waals surface area contributed by atoms with Crippen molar-refractivity contribution < 1.29 is 26.3 Å². The minimum absolute atomic E-state index is 0.315. The number of nitrogens with one attached hydrogen (secondary N) is 1. The summed E-state index contributed by atoms with van der Waals surface area (Å²) in [5.41, 5.74) is -0.532. The molecule has 0 spiro atoms. The Balaban J connectivity index is 1.94. The molecule has 1 heterocycles. The van der Waals surface area contributed by atoms with Gasteiger partial charge in [-0.05, 0) is 29.7 Å². The molecule has 1 aromatic carbocycles. The number of aromatic amines is 1. The Morgan fingerprint density at radius 2 is 1.67 bits per heavy atom. The monoisotopic (exact) mass is 345 g/mol. The molecule has 0 aliphatic heterocycles. The van der Waals surface area contributed by atoms with Crippen LogP contribution in [0.2, 0.25) is 0 Å². The van der Waals surface area contributed by atoms with Gasteiger partial charge in [-0.25, -0.2) is 0 Å². The summed E-state index contributed by atoms with van der Waals surface area (Å²) in [4.78, 5) is 2.30. The molecule has 7 heteroatoms. The first-order chi connectivity index (χ1) is 11.1. The third-order valence-corrected chi connectivity index (χ3v) is 4.15. The molecule has 1 nitrogen and oxygen atoms in total. The van der Waals surface area contributed by atoms with Crippen molar-refractivity contribution in [2.75, 3.05) is 0 Å². The van der Waals surface area contributed by atoms with Crippen LogP contribution in [0, 0.1) is 5.92 Å². The first-order valence-corrected chi connectivity index (χ1v) is 7.23. The average molecular weight is 345 g/mol. The van der Waals surface area contributed by atoms with Gasteiger partial charge in [0.25, 0.3) is 0 Å². The van der Waals surface area contributed by atoms with E-state index in [9.17, 15) is 26.3 Å². The number of allylic oxidation sites excluding steroid dienone is 4. The van der Waals surface area contributed by atoms with Crippen LogP contribution in [0.4, 0.5) is 26.3 Å². The highest BCUT2D eigenvalue weighted by atomic mass is 19.4. The van der Waals surface area contributed by atoms with Crippen LogP contribution < -0.4 is 0 Å². The van der Waals surface area contributed by atoms with E-state index in [1.165, 1.54) is 12.1 Å². The topological polar surface area (TPSA) is 15.8 Å². The number of rotatable bonds is 1. The van der Waals surface area contributed by atoms with Crippen molar-refractivity contribution in [2.24, 2.45) is 5.92 Å². The predicted molar refractivity (Wildman–Crippen MR) is 78.5 cm³/mol. The highest BCUT2D eigenvalue weighted by Crippen LogP contribution is 2.39. The van der Waals surface area contributed by atoms with Gasteiger partial charge in [0, 0.05) is 16.8 Å². The maximum Gasteiger partial charge on any atom is 0.431 e. The smallest absolute Gasteiger partial charge is 0.351 e. The standard InChI is InChI=1S/C17H13F6N/c1-9-6-12(16(18,19)20)3-4-13(9)10-2-5-14-11(7-10)8-15(24-14)17(21,22)23/h2-9,13,24H,1H3. The van der Waals surface area contributed by atoms with Crippen LogP contribution >= 0.6 is 0 Å². The van der Waals surface area contributed by atoms with Crippen LogP contribution in [-0.4, -0.2) is 11.2 Å². The van der Waals surface area contributed by atoms with Gasteiger partial charge in [0.15, 0.2) is 0 Å². The largest absolute Gasteiger partial charge is 0.431 e. The lowest BCUT2D eigenvalue weighted by Crippen LogP contribution is -2.17. The summed E-state index contributed by atoms with van der Waals surface area (Å²) in [7, 11) is 0. The number of alkyl halides is 6. The van der Waals surface area contributed by atoms with Crippen LogP contribution in [-0.2, 0) is 6.18 Å². The maximum absolute atomic E-state index is 12.7. The number of halogens is 6. The molecule has 1 aliphatic rings. The zero-order valence-corrected chi connectivity index (χ0v) is 12.5. The molecule has 0 radical (unpaired) electrons. The van der Waals surface area contributed by atoms with Gasteiger partial charge in [-0.1, -0.05) is 31.2 Å². The molecule has 0 bridgehead atoms. The highest BCUT2D eigenvalue weighted by molar-refractivity contribution is 5.81. The normalized spacial score (nSPS) is 22.0. The number of benzene rings is 1. The molecule has 1 aromatic heterocycles. The molecule has 1 N–H and O–H groups in total. The Kier molecular flexibility index (Phi) is 3.77. The fraction of sp³-hybridized carbons (Fsp3) is 0.294. The van der Waals surface area contributed by atoms with Crippen LogP contribution in [0.15, 0.2) is 48.1 Å². The summed E-state index contributed by atoms with van der Waals surface area (Å²) in [5.74, 6) is -0.727. The van der Waals surface area contributed by atoms with Gasteiger partial charge in [0.1, 0.15) is 5.69 Å². The van der Waals surface area contributed by atoms with Crippen molar-refractivity contribution in [3.05, 3.63) is 59.3 Å². The molecule has 2 atom stereocenters. The SMILES string of the molecule is CC1C=C(C(F)(F)F)C=CC1c1ccc2[nH]c(C(F)(F)F)cc2c1. The molecule has 128 valence electrons. The van der Waals surface area contributed by atoms with Gasteiger partial charge >= 0.3 is 12.4 Å². The zero-order chi connectivity index (χ0) is 17.7. The number of H-pyrrole nitrogens is 1. The minimum Gasteiger partial charge on any atom is -0.351 e. The van der Waals surface area contributed by atoms with Crippen LogP contribution in [0.25, 0.3) is 10.9 Å². The summed E-state index contributed by atoms with van der Waals surface area (Å²) >= 11 is 0. The number of hydrogen-bond acceptors (Lipinski definition) is 0. The van der Waals surface area contributed by atoms with Crippen molar-refractivity contribution in [3.63, 3.8) is 0 Å². The van der Waals surface area contributed by atoms with E-state index in [2.05, 4.69) is 4.98 Å². The minimum atomic E-state index is -4.47. The summed E-state index contributed by atoms with van der Waals surface area (Å²) < 4.78 is 76.4. The molecule has 1 aliphatic carbocycles. The van der Waals surface area contributed by atoms with Crippen LogP contribution in [0.3, 0.4) is 0 Å². The molecule has 0 fully saturated rings. The molecule has 0 saturated carbocycles. The zero-order valence-electron chi connectivity index (χ0n) is 12.5. The molecule has 0 saturated heterocycles. The lowest BCUT2D eigenvalue weighted by molar-refractivity contribution is -0.140. The molecular weight excluding hydrogens is 332 g/mol.